The molecular weight excluding hydrogens is 455 g/mol. The molecule has 178 valence electrons. The van der Waals surface area contributed by atoms with Crippen LogP contribution in [-0.4, -0.2) is 83.9 Å². The van der Waals surface area contributed by atoms with Crippen molar-refractivity contribution in [3.8, 4) is 0 Å². The number of hydrogen-bond acceptors (Lipinski definition) is 7. The van der Waals surface area contributed by atoms with E-state index in [1.54, 1.807) is 34.6 Å². The highest BCUT2D eigenvalue weighted by molar-refractivity contribution is 7.21. The Labute approximate surface area is 201 Å². The molecule has 5 rings (SSSR count). The van der Waals surface area contributed by atoms with Gasteiger partial charge in [-0.3, -0.25) is 9.59 Å². The number of piperazine rings is 2. The predicted octanol–water partition coefficient (Wildman–Crippen LogP) is 2.61. The Hall–Kier alpha value is -3.27. The summed E-state index contributed by atoms with van der Waals surface area (Å²) in [6, 6.07) is 10.5. The molecule has 2 amide bonds. The number of carbonyl (C=O) groups excluding carboxylic acids is 2. The van der Waals surface area contributed by atoms with Gasteiger partial charge < -0.3 is 19.6 Å². The van der Waals surface area contributed by atoms with Gasteiger partial charge >= 0.3 is 0 Å². The number of thiazole rings is 1. The van der Waals surface area contributed by atoms with Crippen LogP contribution in [0.3, 0.4) is 0 Å². The van der Waals surface area contributed by atoms with Crippen LogP contribution in [0.15, 0.2) is 42.6 Å². The molecule has 0 radical (unpaired) electrons. The molecule has 2 saturated heterocycles. The van der Waals surface area contributed by atoms with Crippen molar-refractivity contribution in [1.29, 1.82) is 0 Å². The fourth-order valence-corrected chi connectivity index (χ4v) is 5.44. The van der Waals surface area contributed by atoms with Gasteiger partial charge in [0.1, 0.15) is 16.2 Å². The van der Waals surface area contributed by atoms with Crippen LogP contribution in [0, 0.1) is 5.82 Å². The van der Waals surface area contributed by atoms with Gasteiger partial charge in [-0.15, -0.1) is 0 Å². The minimum absolute atomic E-state index is 0.0119. The third kappa shape index (κ3) is 4.82. The minimum Gasteiger partial charge on any atom is -0.366 e. The number of pyridine rings is 1. The number of halogens is 1. The molecule has 0 bridgehead atoms. The zero-order valence-electron chi connectivity index (χ0n) is 18.9. The van der Waals surface area contributed by atoms with Crippen LogP contribution in [0.4, 0.5) is 15.2 Å². The van der Waals surface area contributed by atoms with Crippen molar-refractivity contribution in [1.82, 2.24) is 19.8 Å². The molecule has 2 fully saturated rings. The van der Waals surface area contributed by atoms with Crippen LogP contribution in [0.25, 0.3) is 10.3 Å². The fourth-order valence-electron chi connectivity index (χ4n) is 4.48. The fraction of sp³-hybridized carbons (Fsp3) is 0.417. The number of benzene rings is 1. The summed E-state index contributed by atoms with van der Waals surface area (Å²) in [6.07, 6.45) is 2.20. The van der Waals surface area contributed by atoms with Gasteiger partial charge in [0.25, 0.3) is 0 Å². The maximum atomic E-state index is 14.0. The number of amides is 2. The molecule has 2 aliphatic rings. The molecule has 0 aliphatic carbocycles. The normalized spacial score (nSPS) is 16.9. The average Bonchev–Trinajstić information content (AvgIpc) is 3.32. The van der Waals surface area contributed by atoms with Gasteiger partial charge in [-0.05, 0) is 24.3 Å². The van der Waals surface area contributed by atoms with Gasteiger partial charge in [-0.1, -0.05) is 23.5 Å². The molecule has 4 heterocycles. The third-order valence-corrected chi connectivity index (χ3v) is 7.48. The Bertz CT molecular complexity index is 1140. The van der Waals surface area contributed by atoms with E-state index in [1.165, 1.54) is 6.07 Å². The maximum absolute atomic E-state index is 14.0. The minimum atomic E-state index is -0.243. The first-order valence-electron chi connectivity index (χ1n) is 11.6. The Balaban J connectivity index is 1.06. The van der Waals surface area contributed by atoms with Crippen LogP contribution >= 0.6 is 11.3 Å². The summed E-state index contributed by atoms with van der Waals surface area (Å²) >= 11 is 1.57. The summed E-state index contributed by atoms with van der Waals surface area (Å²) in [4.78, 5) is 43.1. The monoisotopic (exact) mass is 482 g/mol. The van der Waals surface area contributed by atoms with E-state index < -0.39 is 0 Å². The van der Waals surface area contributed by atoms with Gasteiger partial charge in [0.15, 0.2) is 5.13 Å². The molecule has 3 aromatic rings. The quantitative estimate of drug-likeness (QED) is 0.557. The summed E-state index contributed by atoms with van der Waals surface area (Å²) < 4.78 is 14.0. The van der Waals surface area contributed by atoms with Gasteiger partial charge in [-0.2, -0.15) is 0 Å². The molecule has 2 aromatic heterocycles. The van der Waals surface area contributed by atoms with E-state index >= 15 is 0 Å². The van der Waals surface area contributed by atoms with Gasteiger partial charge in [0.05, 0.1) is 5.69 Å². The largest absolute Gasteiger partial charge is 0.366 e. The SMILES string of the molecule is O=C(CCC(=O)N1CCN(c2ccccc2F)CC1)N1CCN(c2nc3cccnc3s2)CC1. The van der Waals surface area contributed by atoms with Crippen LogP contribution in [-0.2, 0) is 9.59 Å². The molecular formula is C24H27FN6O2S. The topological polar surface area (TPSA) is 72.9 Å². The zero-order chi connectivity index (χ0) is 23.5. The molecule has 0 N–H and O–H groups in total. The lowest BCUT2D eigenvalue weighted by Crippen LogP contribution is -2.50. The average molecular weight is 483 g/mol. The summed E-state index contributed by atoms with van der Waals surface area (Å²) in [5.41, 5.74) is 1.47. The summed E-state index contributed by atoms with van der Waals surface area (Å²) in [5.74, 6) is -0.237. The Morgan fingerprint density at radius 1 is 0.824 bits per heavy atom. The van der Waals surface area contributed by atoms with E-state index in [0.717, 1.165) is 28.6 Å². The Kier molecular flexibility index (Phi) is 6.57. The second-order valence-corrected chi connectivity index (χ2v) is 9.47. The molecule has 1 aromatic carbocycles. The van der Waals surface area contributed by atoms with Gasteiger partial charge in [0, 0.05) is 71.4 Å². The van der Waals surface area contributed by atoms with Crippen molar-refractivity contribution < 1.29 is 14.0 Å². The highest BCUT2D eigenvalue weighted by atomic mass is 32.1. The smallest absolute Gasteiger partial charge is 0.223 e. The second-order valence-electron chi connectivity index (χ2n) is 8.51. The van der Waals surface area contributed by atoms with Crippen molar-refractivity contribution >= 4 is 44.3 Å². The van der Waals surface area contributed by atoms with E-state index in [4.69, 9.17) is 0 Å². The van der Waals surface area contributed by atoms with Crippen LogP contribution in [0.2, 0.25) is 0 Å². The maximum Gasteiger partial charge on any atom is 0.223 e. The molecule has 2 aliphatic heterocycles. The summed E-state index contributed by atoms with van der Waals surface area (Å²) in [7, 11) is 0. The second kappa shape index (κ2) is 9.92. The highest BCUT2D eigenvalue weighted by Crippen LogP contribution is 2.27. The van der Waals surface area contributed by atoms with Crippen molar-refractivity contribution in [2.24, 2.45) is 0 Å². The van der Waals surface area contributed by atoms with Crippen molar-refractivity contribution in [3.05, 3.63) is 48.4 Å². The van der Waals surface area contributed by atoms with Crippen LogP contribution in [0.1, 0.15) is 12.8 Å². The van der Waals surface area contributed by atoms with Crippen molar-refractivity contribution in [2.45, 2.75) is 12.8 Å². The number of hydrogen-bond donors (Lipinski definition) is 0. The van der Waals surface area contributed by atoms with E-state index in [2.05, 4.69) is 14.9 Å². The molecule has 34 heavy (non-hydrogen) atoms. The lowest BCUT2D eigenvalue weighted by Gasteiger charge is -2.36. The molecule has 10 heteroatoms. The van der Waals surface area contributed by atoms with E-state index in [9.17, 15) is 14.0 Å². The predicted molar refractivity (Wildman–Crippen MR) is 131 cm³/mol. The Morgan fingerprint density at radius 3 is 2.06 bits per heavy atom. The Morgan fingerprint density at radius 2 is 1.44 bits per heavy atom. The van der Waals surface area contributed by atoms with E-state index in [-0.39, 0.29) is 30.5 Å². The lowest BCUT2D eigenvalue weighted by molar-refractivity contribution is -0.137. The van der Waals surface area contributed by atoms with Crippen LogP contribution in [0.5, 0.6) is 0 Å². The van der Waals surface area contributed by atoms with Gasteiger partial charge in [0.2, 0.25) is 11.8 Å². The number of anilines is 2. The number of carbonyl (C=O) groups is 2. The molecule has 0 saturated carbocycles. The first kappa shape index (κ1) is 22.5. The summed E-state index contributed by atoms with van der Waals surface area (Å²) in [5, 5.41) is 0.936. The molecule has 8 nitrogen and oxygen atoms in total. The number of rotatable bonds is 5. The number of fused-ring (bicyclic) bond motifs is 1. The van der Waals surface area contributed by atoms with Crippen molar-refractivity contribution in [3.63, 3.8) is 0 Å². The van der Waals surface area contributed by atoms with Crippen molar-refractivity contribution in [2.75, 3.05) is 62.2 Å². The standard InChI is InChI=1S/C24H27FN6O2S/c25-18-4-1-2-6-20(18)28-10-12-29(13-11-28)21(32)7-8-22(33)30-14-16-31(17-15-30)24-27-19-5-3-9-26-23(19)34-24/h1-6,9H,7-8,10-17H2. The number of aromatic nitrogens is 2. The molecule has 0 unspecified atom stereocenters. The lowest BCUT2D eigenvalue weighted by atomic mass is 10.2. The molecule has 0 spiro atoms. The van der Waals surface area contributed by atoms with E-state index in [0.29, 0.717) is 45.0 Å². The first-order valence-corrected chi connectivity index (χ1v) is 12.4. The number of para-hydroxylation sites is 1. The third-order valence-electron chi connectivity index (χ3n) is 6.44. The zero-order valence-corrected chi connectivity index (χ0v) is 19.7. The number of nitrogens with zero attached hydrogens (tertiary/aromatic N) is 6. The van der Waals surface area contributed by atoms with Crippen LogP contribution < -0.4 is 9.80 Å². The van der Waals surface area contributed by atoms with Gasteiger partial charge in [-0.25, -0.2) is 14.4 Å². The first-order chi connectivity index (χ1) is 16.6. The molecule has 0 atom stereocenters. The van der Waals surface area contributed by atoms with E-state index in [1.807, 2.05) is 28.0 Å². The highest BCUT2D eigenvalue weighted by Gasteiger charge is 2.26. The summed E-state index contributed by atoms with van der Waals surface area (Å²) in [6.45, 7) is 4.94.